The molecule has 0 saturated carbocycles. The van der Waals surface area contributed by atoms with Crippen LogP contribution in [-0.4, -0.2) is 41.1 Å². The van der Waals surface area contributed by atoms with E-state index in [0.717, 1.165) is 9.78 Å². The van der Waals surface area contributed by atoms with E-state index in [1.54, 1.807) is 23.1 Å². The van der Waals surface area contributed by atoms with E-state index in [9.17, 15) is 14.4 Å². The van der Waals surface area contributed by atoms with Gasteiger partial charge in [0.1, 0.15) is 0 Å². The van der Waals surface area contributed by atoms with Gasteiger partial charge in [0.25, 0.3) is 17.7 Å². The fourth-order valence-electron chi connectivity index (χ4n) is 2.63. The van der Waals surface area contributed by atoms with Crippen LogP contribution >= 0.6 is 22.9 Å². The molecule has 1 aromatic carbocycles. The molecule has 0 spiro atoms. The number of rotatable bonds is 4. The first-order valence-corrected chi connectivity index (χ1v) is 8.61. The van der Waals surface area contributed by atoms with Crippen molar-refractivity contribution in [2.75, 3.05) is 13.6 Å². The summed E-state index contributed by atoms with van der Waals surface area (Å²) in [5, 5.41) is 0. The topological polar surface area (TPSA) is 57.7 Å². The highest BCUT2D eigenvalue weighted by molar-refractivity contribution is 7.16. The number of nitrogens with zero attached hydrogens (tertiary/aromatic N) is 2. The molecule has 1 aliphatic heterocycles. The Labute approximate surface area is 148 Å². The Morgan fingerprint density at radius 1 is 1.17 bits per heavy atom. The summed E-state index contributed by atoms with van der Waals surface area (Å²) in [5.41, 5.74) is 1.02. The van der Waals surface area contributed by atoms with Crippen LogP contribution in [-0.2, 0) is 6.54 Å². The molecule has 0 N–H and O–H groups in total. The van der Waals surface area contributed by atoms with Gasteiger partial charge >= 0.3 is 0 Å². The van der Waals surface area contributed by atoms with E-state index < -0.39 is 0 Å². The van der Waals surface area contributed by atoms with Crippen molar-refractivity contribution >= 4 is 40.7 Å². The highest BCUT2D eigenvalue weighted by Crippen LogP contribution is 2.25. The summed E-state index contributed by atoms with van der Waals surface area (Å²) >= 11 is 7.36. The van der Waals surface area contributed by atoms with Crippen LogP contribution in [0.5, 0.6) is 0 Å². The molecule has 3 amide bonds. The maximum atomic E-state index is 12.7. The summed E-state index contributed by atoms with van der Waals surface area (Å²) in [6.45, 7) is 2.87. The second-order valence-electron chi connectivity index (χ2n) is 5.45. The second kappa shape index (κ2) is 6.37. The summed E-state index contributed by atoms with van der Waals surface area (Å²) in [6.07, 6.45) is 0. The molecule has 0 saturated heterocycles. The van der Waals surface area contributed by atoms with Gasteiger partial charge in [0.15, 0.2) is 0 Å². The van der Waals surface area contributed by atoms with Crippen LogP contribution in [0.3, 0.4) is 0 Å². The van der Waals surface area contributed by atoms with Crippen LogP contribution < -0.4 is 0 Å². The Bertz CT molecular complexity index is 846. The van der Waals surface area contributed by atoms with Crippen molar-refractivity contribution in [1.82, 2.24) is 9.80 Å². The van der Waals surface area contributed by atoms with E-state index in [0.29, 0.717) is 28.6 Å². The fraction of sp³-hybridized carbons (Fsp3) is 0.235. The van der Waals surface area contributed by atoms with Gasteiger partial charge in [0.2, 0.25) is 0 Å². The molecular formula is C17H15ClN2O3S. The van der Waals surface area contributed by atoms with Crippen molar-refractivity contribution < 1.29 is 14.4 Å². The highest BCUT2D eigenvalue weighted by atomic mass is 35.5. The lowest BCUT2D eigenvalue weighted by Gasteiger charge is -2.20. The molecule has 2 aromatic rings. The van der Waals surface area contributed by atoms with Gasteiger partial charge in [-0.3, -0.25) is 19.3 Å². The molecule has 0 bridgehead atoms. The molecule has 124 valence electrons. The van der Waals surface area contributed by atoms with Gasteiger partial charge in [-0.1, -0.05) is 11.6 Å². The van der Waals surface area contributed by atoms with Crippen LogP contribution in [0.4, 0.5) is 0 Å². The predicted molar refractivity (Wildman–Crippen MR) is 92.6 cm³/mol. The van der Waals surface area contributed by atoms with E-state index in [1.807, 2.05) is 13.0 Å². The smallest absolute Gasteiger partial charge is 0.261 e. The number of thiophene rings is 1. The van der Waals surface area contributed by atoms with Gasteiger partial charge in [-0.25, -0.2) is 0 Å². The largest absolute Gasteiger partial charge is 0.334 e. The number of carbonyl (C=O) groups excluding carboxylic acids is 3. The number of halogens is 1. The van der Waals surface area contributed by atoms with Crippen molar-refractivity contribution in [2.45, 2.75) is 13.5 Å². The lowest BCUT2D eigenvalue weighted by atomic mass is 10.0. The van der Waals surface area contributed by atoms with Crippen LogP contribution in [0.1, 0.15) is 42.9 Å². The van der Waals surface area contributed by atoms with E-state index in [-0.39, 0.29) is 23.3 Å². The average Bonchev–Trinajstić information content (AvgIpc) is 3.09. The zero-order valence-corrected chi connectivity index (χ0v) is 14.8. The first kappa shape index (κ1) is 16.7. The van der Waals surface area contributed by atoms with Gasteiger partial charge in [0.05, 0.1) is 22.0 Å². The maximum Gasteiger partial charge on any atom is 0.261 e. The Morgan fingerprint density at radius 3 is 2.50 bits per heavy atom. The first-order chi connectivity index (χ1) is 11.4. The Balaban J connectivity index is 1.87. The summed E-state index contributed by atoms with van der Waals surface area (Å²) in [4.78, 5) is 40.5. The van der Waals surface area contributed by atoms with Crippen molar-refractivity contribution in [3.8, 4) is 0 Å². The van der Waals surface area contributed by atoms with Crippen LogP contribution in [0.2, 0.25) is 4.34 Å². The molecule has 0 radical (unpaired) electrons. The summed E-state index contributed by atoms with van der Waals surface area (Å²) in [5.74, 6) is -0.896. The third-order valence-electron chi connectivity index (χ3n) is 3.98. The number of amides is 3. The van der Waals surface area contributed by atoms with E-state index >= 15 is 0 Å². The van der Waals surface area contributed by atoms with E-state index in [4.69, 9.17) is 11.6 Å². The Kier molecular flexibility index (Phi) is 4.43. The molecule has 0 unspecified atom stereocenters. The second-order valence-corrected chi connectivity index (χ2v) is 7.25. The molecule has 0 aliphatic carbocycles. The monoisotopic (exact) mass is 362 g/mol. The van der Waals surface area contributed by atoms with E-state index in [1.165, 1.54) is 24.5 Å². The summed E-state index contributed by atoms with van der Waals surface area (Å²) < 4.78 is 0.679. The van der Waals surface area contributed by atoms with Crippen LogP contribution in [0.25, 0.3) is 0 Å². The zero-order valence-electron chi connectivity index (χ0n) is 13.2. The highest BCUT2D eigenvalue weighted by Gasteiger charge is 2.33. The maximum absolute atomic E-state index is 12.7. The fourth-order valence-corrected chi connectivity index (χ4v) is 3.73. The predicted octanol–water partition coefficient (Wildman–Crippen LogP) is 3.29. The molecule has 1 aromatic heterocycles. The molecule has 5 nitrogen and oxygen atoms in total. The molecule has 24 heavy (non-hydrogen) atoms. The van der Waals surface area contributed by atoms with Gasteiger partial charge in [0, 0.05) is 24.0 Å². The van der Waals surface area contributed by atoms with Crippen LogP contribution in [0, 0.1) is 0 Å². The molecular weight excluding hydrogens is 348 g/mol. The number of hydrogen-bond donors (Lipinski definition) is 0. The molecule has 1 aliphatic rings. The third kappa shape index (κ3) is 2.83. The minimum absolute atomic E-state index is 0.181. The third-order valence-corrected chi connectivity index (χ3v) is 5.20. The lowest BCUT2D eigenvalue weighted by molar-refractivity contribution is 0.0692. The van der Waals surface area contributed by atoms with Gasteiger partial charge in [-0.15, -0.1) is 11.3 Å². The van der Waals surface area contributed by atoms with Crippen molar-refractivity contribution in [2.24, 2.45) is 0 Å². The summed E-state index contributed by atoms with van der Waals surface area (Å²) in [7, 11) is 1.44. The molecule has 0 atom stereocenters. The van der Waals surface area contributed by atoms with Crippen molar-refractivity contribution in [1.29, 1.82) is 0 Å². The number of carbonyl (C=O) groups is 3. The summed E-state index contributed by atoms with van der Waals surface area (Å²) in [6, 6.07) is 8.33. The molecule has 2 heterocycles. The minimum atomic E-state index is -0.377. The van der Waals surface area contributed by atoms with Gasteiger partial charge in [-0.2, -0.15) is 0 Å². The quantitative estimate of drug-likeness (QED) is 0.784. The minimum Gasteiger partial charge on any atom is -0.334 e. The number of hydrogen-bond acceptors (Lipinski definition) is 4. The van der Waals surface area contributed by atoms with Crippen LogP contribution in [0.15, 0.2) is 30.3 Å². The first-order valence-electron chi connectivity index (χ1n) is 7.42. The van der Waals surface area contributed by atoms with Crippen molar-refractivity contribution in [3.05, 3.63) is 56.2 Å². The zero-order chi connectivity index (χ0) is 17.4. The molecule has 0 fully saturated rings. The van der Waals surface area contributed by atoms with Gasteiger partial charge < -0.3 is 4.90 Å². The Morgan fingerprint density at radius 2 is 1.88 bits per heavy atom. The molecule has 3 rings (SSSR count). The SMILES string of the molecule is CCN(Cc1ccc(Cl)s1)C(=O)c1ccc2c(c1)C(=O)N(C)C2=O. The number of imide groups is 1. The number of fused-ring (bicyclic) bond motifs is 1. The van der Waals surface area contributed by atoms with Gasteiger partial charge in [-0.05, 0) is 37.3 Å². The standard InChI is InChI=1S/C17H15ClN2O3S/c1-3-20(9-11-5-7-14(18)24-11)15(21)10-4-6-12-13(8-10)17(23)19(2)16(12)22/h4-8H,3,9H2,1-2H3. The lowest BCUT2D eigenvalue weighted by Crippen LogP contribution is -2.30. The van der Waals surface area contributed by atoms with Crippen molar-refractivity contribution in [3.63, 3.8) is 0 Å². The van der Waals surface area contributed by atoms with E-state index in [2.05, 4.69) is 0 Å². The number of benzene rings is 1. The normalized spacial score (nSPS) is 13.4. The Hall–Kier alpha value is -2.18. The average molecular weight is 363 g/mol. The molecule has 7 heteroatoms.